The molecule has 1 unspecified atom stereocenters. The highest BCUT2D eigenvalue weighted by Crippen LogP contribution is 2.14. The molecule has 0 spiro atoms. The molecule has 0 amide bonds. The van der Waals surface area contributed by atoms with Gasteiger partial charge in [0.25, 0.3) is 0 Å². The van der Waals surface area contributed by atoms with Crippen LogP contribution in [0.15, 0.2) is 48.5 Å². The van der Waals surface area contributed by atoms with Crippen LogP contribution in [0.2, 0.25) is 0 Å². The van der Waals surface area contributed by atoms with E-state index in [9.17, 15) is 4.39 Å². The maximum atomic E-state index is 12.8. The molecule has 1 atom stereocenters. The van der Waals surface area contributed by atoms with E-state index < -0.39 is 0 Å². The van der Waals surface area contributed by atoms with Crippen molar-refractivity contribution >= 4 is 0 Å². The molecule has 2 aromatic rings. The summed E-state index contributed by atoms with van der Waals surface area (Å²) in [5.41, 5.74) is 8.39. The quantitative estimate of drug-likeness (QED) is 0.876. The highest BCUT2D eigenvalue weighted by molar-refractivity contribution is 5.28. The lowest BCUT2D eigenvalue weighted by Gasteiger charge is -2.12. The van der Waals surface area contributed by atoms with Gasteiger partial charge in [-0.05, 0) is 55.2 Å². The Morgan fingerprint density at radius 3 is 1.95 bits per heavy atom. The number of nitrogens with two attached hydrogens (primary N) is 1. The van der Waals surface area contributed by atoms with Crippen molar-refractivity contribution in [2.24, 2.45) is 5.73 Å². The van der Waals surface area contributed by atoms with Crippen molar-refractivity contribution in [3.63, 3.8) is 0 Å². The van der Waals surface area contributed by atoms with Crippen molar-refractivity contribution in [2.75, 3.05) is 6.61 Å². The summed E-state index contributed by atoms with van der Waals surface area (Å²) in [5.74, 6) is 0.664. The standard InChI is InChI=1S/C17H20FNO/c1-2-20-17-9-5-14(6-10-17)12-16(19)11-13-3-7-15(18)8-4-13/h3-10,16H,2,11-12,19H2,1H3. The fraction of sp³-hybridized carbons (Fsp3) is 0.294. The molecule has 0 aromatic heterocycles. The Morgan fingerprint density at radius 2 is 1.45 bits per heavy atom. The lowest BCUT2D eigenvalue weighted by atomic mass is 10.00. The van der Waals surface area contributed by atoms with Gasteiger partial charge in [0.15, 0.2) is 0 Å². The summed E-state index contributed by atoms with van der Waals surface area (Å²) in [5, 5.41) is 0. The maximum Gasteiger partial charge on any atom is 0.123 e. The smallest absolute Gasteiger partial charge is 0.123 e. The van der Waals surface area contributed by atoms with Crippen molar-refractivity contribution in [1.29, 1.82) is 0 Å². The fourth-order valence-electron chi connectivity index (χ4n) is 2.19. The molecule has 0 saturated carbocycles. The predicted octanol–water partition coefficient (Wildman–Crippen LogP) is 3.34. The number of hydrogen-bond donors (Lipinski definition) is 1. The molecule has 2 rings (SSSR count). The molecule has 2 aromatic carbocycles. The van der Waals surface area contributed by atoms with Crippen LogP contribution < -0.4 is 10.5 Å². The SMILES string of the molecule is CCOc1ccc(CC(N)Cc2ccc(F)cc2)cc1. The summed E-state index contributed by atoms with van der Waals surface area (Å²) in [6.07, 6.45) is 1.54. The fourth-order valence-corrected chi connectivity index (χ4v) is 2.19. The average Bonchev–Trinajstić information content (AvgIpc) is 2.44. The van der Waals surface area contributed by atoms with Crippen molar-refractivity contribution < 1.29 is 9.13 Å². The van der Waals surface area contributed by atoms with Gasteiger partial charge in [-0.3, -0.25) is 0 Å². The number of ether oxygens (including phenoxy) is 1. The van der Waals surface area contributed by atoms with Crippen LogP contribution in [0.1, 0.15) is 18.1 Å². The van der Waals surface area contributed by atoms with Gasteiger partial charge in [-0.1, -0.05) is 24.3 Å². The summed E-state index contributed by atoms with van der Waals surface area (Å²) in [6.45, 7) is 2.63. The summed E-state index contributed by atoms with van der Waals surface area (Å²) in [4.78, 5) is 0. The minimum atomic E-state index is -0.214. The van der Waals surface area contributed by atoms with Gasteiger partial charge < -0.3 is 10.5 Å². The molecular weight excluding hydrogens is 253 g/mol. The first-order chi connectivity index (χ1) is 9.67. The first kappa shape index (κ1) is 14.5. The molecule has 3 heteroatoms. The molecule has 0 aliphatic heterocycles. The summed E-state index contributed by atoms with van der Waals surface area (Å²) >= 11 is 0. The van der Waals surface area contributed by atoms with Crippen LogP contribution in [0.25, 0.3) is 0 Å². The molecule has 0 fully saturated rings. The molecule has 0 aliphatic rings. The van der Waals surface area contributed by atoms with Crippen LogP contribution in [0.5, 0.6) is 5.75 Å². The minimum Gasteiger partial charge on any atom is -0.494 e. The van der Waals surface area contributed by atoms with E-state index in [1.54, 1.807) is 12.1 Å². The zero-order chi connectivity index (χ0) is 14.4. The average molecular weight is 273 g/mol. The predicted molar refractivity (Wildman–Crippen MR) is 79.4 cm³/mol. The zero-order valence-corrected chi connectivity index (χ0v) is 11.7. The zero-order valence-electron chi connectivity index (χ0n) is 11.7. The third-order valence-electron chi connectivity index (χ3n) is 3.14. The van der Waals surface area contributed by atoms with Gasteiger partial charge in [0.05, 0.1) is 6.61 Å². The van der Waals surface area contributed by atoms with E-state index in [2.05, 4.69) is 0 Å². The van der Waals surface area contributed by atoms with Crippen LogP contribution in [-0.2, 0) is 12.8 Å². The van der Waals surface area contributed by atoms with Gasteiger partial charge in [0, 0.05) is 6.04 Å². The molecule has 0 bridgehead atoms. The Bertz CT molecular complexity index is 522. The Morgan fingerprint density at radius 1 is 0.950 bits per heavy atom. The van der Waals surface area contributed by atoms with Crippen LogP contribution in [0.4, 0.5) is 4.39 Å². The number of rotatable bonds is 6. The van der Waals surface area contributed by atoms with Crippen molar-refractivity contribution in [3.8, 4) is 5.75 Å². The molecule has 106 valence electrons. The van der Waals surface area contributed by atoms with Crippen LogP contribution in [0.3, 0.4) is 0 Å². The normalized spacial score (nSPS) is 12.2. The molecule has 2 N–H and O–H groups in total. The van der Waals surface area contributed by atoms with Gasteiger partial charge in [-0.25, -0.2) is 4.39 Å². The third kappa shape index (κ3) is 4.35. The largest absolute Gasteiger partial charge is 0.494 e. The number of hydrogen-bond acceptors (Lipinski definition) is 2. The van der Waals surface area contributed by atoms with Crippen molar-refractivity contribution in [3.05, 3.63) is 65.5 Å². The molecule has 0 saturated heterocycles. The molecule has 0 heterocycles. The third-order valence-corrected chi connectivity index (χ3v) is 3.14. The van der Waals surface area contributed by atoms with E-state index in [0.29, 0.717) is 6.61 Å². The summed E-state index contributed by atoms with van der Waals surface area (Å²) in [6, 6.07) is 14.5. The monoisotopic (exact) mass is 273 g/mol. The van der Waals surface area contributed by atoms with Crippen LogP contribution in [-0.4, -0.2) is 12.6 Å². The second kappa shape index (κ2) is 7.06. The Balaban J connectivity index is 1.90. The Hall–Kier alpha value is -1.87. The molecular formula is C17H20FNO. The van der Waals surface area contributed by atoms with E-state index in [-0.39, 0.29) is 11.9 Å². The maximum absolute atomic E-state index is 12.8. The van der Waals surface area contributed by atoms with E-state index in [0.717, 1.165) is 24.2 Å². The topological polar surface area (TPSA) is 35.2 Å². The van der Waals surface area contributed by atoms with Gasteiger partial charge in [-0.2, -0.15) is 0 Å². The van der Waals surface area contributed by atoms with Crippen LogP contribution in [0, 0.1) is 5.82 Å². The molecule has 0 aliphatic carbocycles. The Kier molecular flexibility index (Phi) is 5.13. The first-order valence-electron chi connectivity index (χ1n) is 6.89. The lowest BCUT2D eigenvalue weighted by molar-refractivity contribution is 0.340. The lowest BCUT2D eigenvalue weighted by Crippen LogP contribution is -2.25. The second-order valence-electron chi connectivity index (χ2n) is 4.87. The summed E-state index contributed by atoms with van der Waals surface area (Å²) in [7, 11) is 0. The van der Waals surface area contributed by atoms with E-state index >= 15 is 0 Å². The Labute approximate surface area is 119 Å². The van der Waals surface area contributed by atoms with E-state index in [1.165, 1.54) is 17.7 Å². The van der Waals surface area contributed by atoms with E-state index in [1.807, 2.05) is 31.2 Å². The van der Waals surface area contributed by atoms with Gasteiger partial charge in [0.2, 0.25) is 0 Å². The molecule has 0 radical (unpaired) electrons. The van der Waals surface area contributed by atoms with Gasteiger partial charge in [0.1, 0.15) is 11.6 Å². The number of halogens is 1. The first-order valence-corrected chi connectivity index (χ1v) is 6.89. The highest BCUT2D eigenvalue weighted by atomic mass is 19.1. The van der Waals surface area contributed by atoms with Gasteiger partial charge >= 0.3 is 0 Å². The molecule has 20 heavy (non-hydrogen) atoms. The van der Waals surface area contributed by atoms with Crippen molar-refractivity contribution in [1.82, 2.24) is 0 Å². The van der Waals surface area contributed by atoms with E-state index in [4.69, 9.17) is 10.5 Å². The second-order valence-corrected chi connectivity index (χ2v) is 4.87. The van der Waals surface area contributed by atoms with Crippen LogP contribution >= 0.6 is 0 Å². The van der Waals surface area contributed by atoms with Crippen molar-refractivity contribution in [2.45, 2.75) is 25.8 Å². The molecule has 2 nitrogen and oxygen atoms in total. The number of benzene rings is 2. The summed E-state index contributed by atoms with van der Waals surface area (Å²) < 4.78 is 18.2. The highest BCUT2D eigenvalue weighted by Gasteiger charge is 2.06. The minimum absolute atomic E-state index is 0.0263. The van der Waals surface area contributed by atoms with Gasteiger partial charge in [-0.15, -0.1) is 0 Å².